The molecule has 210 valence electrons. The molecule has 0 radical (unpaired) electrons. The van der Waals surface area contributed by atoms with E-state index in [1.54, 1.807) is 72.8 Å². The highest BCUT2D eigenvalue weighted by molar-refractivity contribution is 5.99. The Hall–Kier alpha value is -4.26. The Labute approximate surface area is 235 Å². The van der Waals surface area contributed by atoms with E-state index in [1.807, 2.05) is 0 Å². The van der Waals surface area contributed by atoms with Crippen LogP contribution in [0.15, 0.2) is 72.8 Å². The molecule has 3 aromatic rings. The number of esters is 1. The number of ketones is 2. The quantitative estimate of drug-likeness (QED) is 0.103. The summed E-state index contributed by atoms with van der Waals surface area (Å²) in [6, 6.07) is 19.2. The van der Waals surface area contributed by atoms with Crippen molar-refractivity contribution in [1.29, 1.82) is 0 Å². The van der Waals surface area contributed by atoms with E-state index >= 15 is 0 Å². The summed E-state index contributed by atoms with van der Waals surface area (Å²) < 4.78 is 11.2. The number of amides is 1. The number of hydrogen-bond acceptors (Lipinski definition) is 6. The van der Waals surface area contributed by atoms with Crippen LogP contribution in [0, 0.1) is 0 Å². The van der Waals surface area contributed by atoms with Crippen LogP contribution in [0.25, 0.3) is 0 Å². The molecule has 0 bridgehead atoms. The molecule has 0 aliphatic rings. The fourth-order valence-corrected chi connectivity index (χ4v) is 4.07. The lowest BCUT2D eigenvalue weighted by Gasteiger charge is -2.16. The molecule has 1 amide bonds. The molecule has 0 aliphatic heterocycles. The van der Waals surface area contributed by atoms with Gasteiger partial charge < -0.3 is 14.8 Å². The first-order chi connectivity index (χ1) is 19.3. The fraction of sp³-hybridized carbons (Fsp3) is 0.333. The fourth-order valence-electron chi connectivity index (χ4n) is 4.07. The van der Waals surface area contributed by atoms with Gasteiger partial charge in [-0.15, -0.1) is 0 Å². The highest BCUT2D eigenvalue weighted by Gasteiger charge is 2.19. The van der Waals surface area contributed by atoms with Crippen molar-refractivity contribution in [2.45, 2.75) is 65.3 Å². The highest BCUT2D eigenvalue weighted by Crippen LogP contribution is 2.18. The molecule has 0 saturated carbocycles. The van der Waals surface area contributed by atoms with Gasteiger partial charge in [0, 0.05) is 11.1 Å². The van der Waals surface area contributed by atoms with Gasteiger partial charge in [-0.3, -0.25) is 14.4 Å². The second kappa shape index (κ2) is 15.4. The van der Waals surface area contributed by atoms with Crippen LogP contribution in [0.3, 0.4) is 0 Å². The van der Waals surface area contributed by atoms with Gasteiger partial charge in [-0.05, 0) is 80.8 Å². The van der Waals surface area contributed by atoms with Crippen molar-refractivity contribution >= 4 is 23.4 Å². The third-order valence-electron chi connectivity index (χ3n) is 6.53. The zero-order valence-corrected chi connectivity index (χ0v) is 23.4. The molecule has 0 aliphatic carbocycles. The molecule has 1 N–H and O–H groups in total. The van der Waals surface area contributed by atoms with Crippen molar-refractivity contribution in [3.8, 4) is 11.5 Å². The molecule has 7 nitrogen and oxygen atoms in total. The van der Waals surface area contributed by atoms with E-state index in [0.717, 1.165) is 24.2 Å². The van der Waals surface area contributed by atoms with Crippen molar-refractivity contribution in [1.82, 2.24) is 5.32 Å². The molecule has 0 spiro atoms. The number of unbranched alkanes of at least 4 members (excludes halogenated alkanes) is 4. The minimum Gasteiger partial charge on any atom is -0.494 e. The highest BCUT2D eigenvalue weighted by atomic mass is 16.5. The van der Waals surface area contributed by atoms with Crippen LogP contribution >= 0.6 is 0 Å². The maximum absolute atomic E-state index is 12.6. The van der Waals surface area contributed by atoms with E-state index in [9.17, 15) is 19.2 Å². The lowest BCUT2D eigenvalue weighted by molar-refractivity contribution is -0.118. The van der Waals surface area contributed by atoms with Crippen molar-refractivity contribution in [3.63, 3.8) is 0 Å². The monoisotopic (exact) mass is 543 g/mol. The number of Topliss-reactive ketones (excluding diaryl/α,β-unsaturated/α-hetero) is 2. The Bertz CT molecular complexity index is 1280. The Morgan fingerprint density at radius 2 is 1.27 bits per heavy atom. The third kappa shape index (κ3) is 9.49. The molecule has 0 unspecified atom stereocenters. The second-order valence-corrected chi connectivity index (χ2v) is 9.79. The molecule has 0 fully saturated rings. The lowest BCUT2D eigenvalue weighted by Crippen LogP contribution is -2.41. The SMILES string of the molecule is CCCCCCCOc1ccc(C(=O)Oc2ccc(C[C@H](NC(=O)c3ccc(C(C)=O)cc3)C(C)=O)cc2)cc1. The molecule has 0 aromatic heterocycles. The molecular weight excluding hydrogens is 506 g/mol. The predicted molar refractivity (Wildman–Crippen MR) is 154 cm³/mol. The summed E-state index contributed by atoms with van der Waals surface area (Å²) in [6.45, 7) is 5.72. The summed E-state index contributed by atoms with van der Waals surface area (Å²) in [7, 11) is 0. The van der Waals surface area contributed by atoms with Gasteiger partial charge in [0.2, 0.25) is 0 Å². The standard InChI is InChI=1S/C33H37NO6/c1-4-5-6-7-8-21-39-29-19-15-28(16-20-29)33(38)40-30-17-9-25(10-18-30)22-31(24(3)36)34-32(37)27-13-11-26(12-14-27)23(2)35/h9-20,31H,4-8,21-22H2,1-3H3,(H,34,37)/t31-/m0/s1. The topological polar surface area (TPSA) is 98.8 Å². The van der Waals surface area contributed by atoms with E-state index < -0.39 is 17.9 Å². The van der Waals surface area contributed by atoms with Gasteiger partial charge in [0.25, 0.3) is 5.91 Å². The minimum absolute atomic E-state index is 0.0889. The van der Waals surface area contributed by atoms with Gasteiger partial charge in [0.1, 0.15) is 11.5 Å². The van der Waals surface area contributed by atoms with Gasteiger partial charge in [0.15, 0.2) is 11.6 Å². The maximum Gasteiger partial charge on any atom is 0.343 e. The largest absolute Gasteiger partial charge is 0.494 e. The van der Waals surface area contributed by atoms with Crippen molar-refractivity contribution < 1.29 is 28.7 Å². The molecule has 40 heavy (non-hydrogen) atoms. The van der Waals surface area contributed by atoms with Crippen LogP contribution in [0.1, 0.15) is 89.5 Å². The number of hydrogen-bond donors (Lipinski definition) is 1. The smallest absolute Gasteiger partial charge is 0.343 e. The van der Waals surface area contributed by atoms with Crippen molar-refractivity contribution in [2.24, 2.45) is 0 Å². The summed E-state index contributed by atoms with van der Waals surface area (Å²) in [5, 5.41) is 2.76. The first kappa shape index (κ1) is 30.3. The summed E-state index contributed by atoms with van der Waals surface area (Å²) in [4.78, 5) is 48.9. The van der Waals surface area contributed by atoms with Gasteiger partial charge in [-0.1, -0.05) is 56.9 Å². The maximum atomic E-state index is 12.6. The number of carbonyl (C=O) groups excluding carboxylic acids is 4. The summed E-state index contributed by atoms with van der Waals surface area (Å²) in [5.41, 5.74) is 2.08. The zero-order valence-electron chi connectivity index (χ0n) is 23.4. The Balaban J connectivity index is 1.51. The minimum atomic E-state index is -0.731. The number of rotatable bonds is 15. The molecule has 3 rings (SSSR count). The predicted octanol–water partition coefficient (Wildman–Crippen LogP) is 6.39. The van der Waals surface area contributed by atoms with Crippen LogP contribution in [0.4, 0.5) is 0 Å². The Kier molecular flexibility index (Phi) is 11.6. The van der Waals surface area contributed by atoms with Crippen LogP contribution in [-0.4, -0.2) is 36.1 Å². The lowest BCUT2D eigenvalue weighted by atomic mass is 10.0. The van der Waals surface area contributed by atoms with Gasteiger partial charge >= 0.3 is 5.97 Å². The molecule has 0 heterocycles. The zero-order chi connectivity index (χ0) is 28.9. The number of nitrogens with one attached hydrogen (secondary N) is 1. The van der Waals surface area contributed by atoms with E-state index in [0.29, 0.717) is 29.0 Å². The molecule has 1 atom stereocenters. The van der Waals surface area contributed by atoms with Crippen LogP contribution < -0.4 is 14.8 Å². The average Bonchev–Trinajstić information content (AvgIpc) is 2.95. The van der Waals surface area contributed by atoms with E-state index in [-0.39, 0.29) is 18.0 Å². The van der Waals surface area contributed by atoms with E-state index in [2.05, 4.69) is 12.2 Å². The number of benzene rings is 3. The van der Waals surface area contributed by atoms with Gasteiger partial charge in [-0.2, -0.15) is 0 Å². The molecule has 7 heteroatoms. The van der Waals surface area contributed by atoms with E-state index in [4.69, 9.17) is 9.47 Å². The summed E-state index contributed by atoms with van der Waals surface area (Å²) >= 11 is 0. The Morgan fingerprint density at radius 1 is 0.700 bits per heavy atom. The average molecular weight is 544 g/mol. The molecular formula is C33H37NO6. The van der Waals surface area contributed by atoms with Crippen molar-refractivity contribution in [3.05, 3.63) is 95.1 Å². The van der Waals surface area contributed by atoms with Crippen LogP contribution in [-0.2, 0) is 11.2 Å². The molecule has 3 aromatic carbocycles. The molecule has 0 saturated heterocycles. The van der Waals surface area contributed by atoms with Crippen molar-refractivity contribution in [2.75, 3.05) is 6.61 Å². The summed E-state index contributed by atoms with van der Waals surface area (Å²) in [5.74, 6) is -0.0679. The first-order valence-corrected chi connectivity index (χ1v) is 13.7. The third-order valence-corrected chi connectivity index (χ3v) is 6.53. The second-order valence-electron chi connectivity index (χ2n) is 9.79. The summed E-state index contributed by atoms with van der Waals surface area (Å²) in [6.07, 6.45) is 6.12. The number of carbonyl (C=O) groups is 4. The van der Waals surface area contributed by atoms with Gasteiger partial charge in [0.05, 0.1) is 18.2 Å². The normalized spacial score (nSPS) is 11.4. The number of ether oxygens (including phenoxy) is 2. The Morgan fingerprint density at radius 3 is 1.88 bits per heavy atom. The van der Waals surface area contributed by atoms with Gasteiger partial charge in [-0.25, -0.2) is 4.79 Å². The first-order valence-electron chi connectivity index (χ1n) is 13.7. The van der Waals surface area contributed by atoms with Crippen LogP contribution in [0.5, 0.6) is 11.5 Å². The van der Waals surface area contributed by atoms with E-state index in [1.165, 1.54) is 33.1 Å². The van der Waals surface area contributed by atoms with Crippen LogP contribution in [0.2, 0.25) is 0 Å².